The molecule has 74 valence electrons. The standard InChI is InChI=1S/C10H12N2OS/c1-6(2)14-8-4-5-11-10-9(8)7(3)12-13-10/h4-6H,1-3H3. The van der Waals surface area contributed by atoms with Crippen molar-refractivity contribution in [3.05, 3.63) is 18.0 Å². The zero-order chi connectivity index (χ0) is 10.1. The first-order valence-electron chi connectivity index (χ1n) is 4.56. The van der Waals surface area contributed by atoms with Crippen molar-refractivity contribution >= 4 is 22.9 Å². The van der Waals surface area contributed by atoms with E-state index >= 15 is 0 Å². The lowest BCUT2D eigenvalue weighted by Crippen LogP contribution is -1.87. The van der Waals surface area contributed by atoms with Gasteiger partial charge in [0.1, 0.15) is 0 Å². The number of fused-ring (bicyclic) bond motifs is 1. The third-order valence-electron chi connectivity index (χ3n) is 1.87. The van der Waals surface area contributed by atoms with E-state index < -0.39 is 0 Å². The van der Waals surface area contributed by atoms with Gasteiger partial charge >= 0.3 is 0 Å². The van der Waals surface area contributed by atoms with Gasteiger partial charge in [-0.3, -0.25) is 0 Å². The largest absolute Gasteiger partial charge is 0.336 e. The second-order valence-electron chi connectivity index (χ2n) is 3.42. The summed E-state index contributed by atoms with van der Waals surface area (Å²) in [5, 5.41) is 5.51. The molecule has 0 atom stereocenters. The van der Waals surface area contributed by atoms with Gasteiger partial charge in [-0.2, -0.15) is 0 Å². The Morgan fingerprint density at radius 2 is 2.21 bits per heavy atom. The number of pyridine rings is 1. The van der Waals surface area contributed by atoms with E-state index in [1.54, 1.807) is 18.0 Å². The van der Waals surface area contributed by atoms with Crippen LogP contribution in [0.4, 0.5) is 0 Å². The molecule has 2 aromatic heterocycles. The molecule has 0 radical (unpaired) electrons. The Kier molecular flexibility index (Phi) is 2.46. The Hall–Kier alpha value is -1.03. The quantitative estimate of drug-likeness (QED) is 0.711. The van der Waals surface area contributed by atoms with Gasteiger partial charge in [-0.15, -0.1) is 11.8 Å². The molecule has 0 saturated heterocycles. The maximum Gasteiger partial charge on any atom is 0.259 e. The van der Waals surface area contributed by atoms with Crippen LogP contribution in [0.2, 0.25) is 0 Å². The van der Waals surface area contributed by atoms with Gasteiger partial charge in [0.15, 0.2) is 0 Å². The number of hydrogen-bond donors (Lipinski definition) is 0. The lowest BCUT2D eigenvalue weighted by atomic mass is 10.3. The van der Waals surface area contributed by atoms with Crippen LogP contribution in [0.3, 0.4) is 0 Å². The fraction of sp³-hybridized carbons (Fsp3) is 0.400. The number of nitrogens with zero attached hydrogens (tertiary/aromatic N) is 2. The molecule has 14 heavy (non-hydrogen) atoms. The minimum atomic E-state index is 0.551. The van der Waals surface area contributed by atoms with Crippen LogP contribution in [0.15, 0.2) is 21.7 Å². The zero-order valence-corrected chi connectivity index (χ0v) is 9.26. The normalized spacial score (nSPS) is 11.4. The van der Waals surface area contributed by atoms with Crippen LogP contribution in [-0.2, 0) is 0 Å². The third kappa shape index (κ3) is 1.62. The van der Waals surface area contributed by atoms with E-state index in [4.69, 9.17) is 4.52 Å². The summed E-state index contributed by atoms with van der Waals surface area (Å²) in [4.78, 5) is 5.33. The van der Waals surface area contributed by atoms with Crippen molar-refractivity contribution in [3.63, 3.8) is 0 Å². The van der Waals surface area contributed by atoms with Gasteiger partial charge in [0.25, 0.3) is 5.71 Å². The van der Waals surface area contributed by atoms with E-state index in [9.17, 15) is 0 Å². The second kappa shape index (κ2) is 3.61. The molecule has 0 unspecified atom stereocenters. The molecule has 0 spiro atoms. The predicted octanol–water partition coefficient (Wildman–Crippen LogP) is 3.03. The smallest absolute Gasteiger partial charge is 0.259 e. The summed E-state index contributed by atoms with van der Waals surface area (Å²) >= 11 is 1.81. The fourth-order valence-electron chi connectivity index (χ4n) is 1.34. The van der Waals surface area contributed by atoms with Crippen molar-refractivity contribution in [2.45, 2.75) is 30.9 Å². The molecule has 0 bridgehead atoms. The molecule has 3 nitrogen and oxygen atoms in total. The highest BCUT2D eigenvalue weighted by molar-refractivity contribution is 8.00. The van der Waals surface area contributed by atoms with Crippen molar-refractivity contribution in [1.82, 2.24) is 10.1 Å². The first-order chi connectivity index (χ1) is 6.68. The Labute approximate surface area is 86.9 Å². The van der Waals surface area contributed by atoms with Crippen molar-refractivity contribution in [1.29, 1.82) is 0 Å². The van der Waals surface area contributed by atoms with Crippen molar-refractivity contribution in [2.24, 2.45) is 0 Å². The molecule has 0 fully saturated rings. The molecule has 0 aliphatic rings. The maximum absolute atomic E-state index is 5.10. The van der Waals surface area contributed by atoms with E-state index in [2.05, 4.69) is 24.0 Å². The maximum atomic E-state index is 5.10. The van der Waals surface area contributed by atoms with Crippen LogP contribution < -0.4 is 0 Å². The number of aryl methyl sites for hydroxylation is 1. The van der Waals surface area contributed by atoms with Crippen LogP contribution in [0.5, 0.6) is 0 Å². The van der Waals surface area contributed by atoms with Gasteiger partial charge in [-0.05, 0) is 13.0 Å². The van der Waals surface area contributed by atoms with Gasteiger partial charge < -0.3 is 4.52 Å². The summed E-state index contributed by atoms with van der Waals surface area (Å²) in [6.07, 6.45) is 1.76. The van der Waals surface area contributed by atoms with Crippen molar-refractivity contribution in [2.75, 3.05) is 0 Å². The average Bonchev–Trinajstić information content (AvgIpc) is 2.48. The minimum Gasteiger partial charge on any atom is -0.336 e. The van der Waals surface area contributed by atoms with E-state index in [0.717, 1.165) is 11.1 Å². The lowest BCUT2D eigenvalue weighted by molar-refractivity contribution is 0.443. The highest BCUT2D eigenvalue weighted by Crippen LogP contribution is 2.31. The molecular formula is C10H12N2OS. The Bertz CT molecular complexity index is 450. The summed E-state index contributed by atoms with van der Waals surface area (Å²) in [5.41, 5.74) is 1.55. The number of rotatable bonds is 2. The second-order valence-corrected chi connectivity index (χ2v) is 5.04. The SMILES string of the molecule is Cc1noc2nccc(SC(C)C)c12. The Balaban J connectivity index is 2.57. The van der Waals surface area contributed by atoms with Gasteiger partial charge in [-0.1, -0.05) is 19.0 Å². The molecule has 0 amide bonds. The molecule has 0 N–H and O–H groups in total. The van der Waals surface area contributed by atoms with Gasteiger partial charge in [0, 0.05) is 16.3 Å². The summed E-state index contributed by atoms with van der Waals surface area (Å²) in [6.45, 7) is 6.28. The number of thioether (sulfide) groups is 1. The zero-order valence-electron chi connectivity index (χ0n) is 8.44. The molecule has 2 rings (SSSR count). The molecule has 0 aliphatic heterocycles. The average molecular weight is 208 g/mol. The summed E-state index contributed by atoms with van der Waals surface area (Å²) in [7, 11) is 0. The summed E-state index contributed by atoms with van der Waals surface area (Å²) in [5.74, 6) is 0. The number of hydrogen-bond acceptors (Lipinski definition) is 4. The molecule has 2 heterocycles. The van der Waals surface area contributed by atoms with Gasteiger partial charge in [-0.25, -0.2) is 4.98 Å². The monoisotopic (exact) mass is 208 g/mol. The highest BCUT2D eigenvalue weighted by Gasteiger charge is 2.11. The molecule has 0 aromatic carbocycles. The minimum absolute atomic E-state index is 0.551. The summed E-state index contributed by atoms with van der Waals surface area (Å²) in [6, 6.07) is 2.01. The topological polar surface area (TPSA) is 38.9 Å². The lowest BCUT2D eigenvalue weighted by Gasteiger charge is -2.04. The van der Waals surface area contributed by atoms with E-state index in [-0.39, 0.29) is 0 Å². The van der Waals surface area contributed by atoms with Crippen LogP contribution >= 0.6 is 11.8 Å². The first kappa shape index (κ1) is 9.52. The third-order valence-corrected chi connectivity index (χ3v) is 2.94. The van der Waals surface area contributed by atoms with Crippen molar-refractivity contribution < 1.29 is 4.52 Å². The highest BCUT2D eigenvalue weighted by atomic mass is 32.2. The Morgan fingerprint density at radius 3 is 2.93 bits per heavy atom. The molecule has 0 aliphatic carbocycles. The van der Waals surface area contributed by atoms with E-state index in [1.165, 1.54) is 4.90 Å². The van der Waals surface area contributed by atoms with Crippen molar-refractivity contribution in [3.8, 4) is 0 Å². The van der Waals surface area contributed by atoms with E-state index in [0.29, 0.717) is 11.0 Å². The predicted molar refractivity (Wildman–Crippen MR) is 57.5 cm³/mol. The number of aromatic nitrogens is 2. The first-order valence-corrected chi connectivity index (χ1v) is 5.44. The van der Waals surface area contributed by atoms with E-state index in [1.807, 2.05) is 13.0 Å². The summed E-state index contributed by atoms with van der Waals surface area (Å²) < 4.78 is 5.10. The molecule has 0 saturated carbocycles. The van der Waals surface area contributed by atoms with Crippen LogP contribution in [0, 0.1) is 6.92 Å². The molecular weight excluding hydrogens is 196 g/mol. The Morgan fingerprint density at radius 1 is 1.43 bits per heavy atom. The van der Waals surface area contributed by atoms with Crippen LogP contribution in [-0.4, -0.2) is 15.4 Å². The fourth-order valence-corrected chi connectivity index (χ4v) is 2.34. The van der Waals surface area contributed by atoms with Gasteiger partial charge in [0.05, 0.1) is 11.1 Å². The van der Waals surface area contributed by atoms with Gasteiger partial charge in [0.2, 0.25) is 0 Å². The van der Waals surface area contributed by atoms with Crippen LogP contribution in [0.25, 0.3) is 11.1 Å². The molecule has 2 aromatic rings. The van der Waals surface area contributed by atoms with Crippen LogP contribution in [0.1, 0.15) is 19.5 Å². The molecule has 4 heteroatoms.